The van der Waals surface area contributed by atoms with Crippen LogP contribution >= 0.6 is 15.9 Å². The number of H-pyrrole nitrogens is 1. The number of aromatic nitrogens is 1. The molecule has 1 unspecified atom stereocenters. The third kappa shape index (κ3) is 1.77. The van der Waals surface area contributed by atoms with Crippen molar-refractivity contribution in [3.8, 4) is 0 Å². The van der Waals surface area contributed by atoms with Gasteiger partial charge in [0, 0.05) is 17.2 Å². The number of aromatic amines is 1. The number of hydrogen-bond acceptors (Lipinski definition) is 2. The van der Waals surface area contributed by atoms with Crippen LogP contribution in [0.5, 0.6) is 0 Å². The molecule has 6 heteroatoms. The molecule has 1 aromatic rings. The molecule has 1 fully saturated rings. The van der Waals surface area contributed by atoms with E-state index in [2.05, 4.69) is 20.9 Å². The first-order valence-corrected chi connectivity index (χ1v) is 5.33. The summed E-state index contributed by atoms with van der Waals surface area (Å²) < 4.78 is 0.807. The summed E-state index contributed by atoms with van der Waals surface area (Å²) in [7, 11) is 0. The van der Waals surface area contributed by atoms with Crippen molar-refractivity contribution in [1.29, 1.82) is 0 Å². The second kappa shape index (κ2) is 3.69. The van der Waals surface area contributed by atoms with Crippen LogP contribution in [-0.2, 0) is 4.79 Å². The van der Waals surface area contributed by atoms with E-state index in [1.165, 1.54) is 4.90 Å². The maximum Gasteiger partial charge on any atom is 0.270 e. The number of hydrogen-bond donors (Lipinski definition) is 2. The van der Waals surface area contributed by atoms with Gasteiger partial charge in [0.15, 0.2) is 0 Å². The van der Waals surface area contributed by atoms with Crippen molar-refractivity contribution in [3.63, 3.8) is 0 Å². The Kier molecular flexibility index (Phi) is 2.52. The van der Waals surface area contributed by atoms with Crippen molar-refractivity contribution >= 4 is 27.7 Å². The number of nitrogens with zero attached hydrogens (tertiary/aromatic N) is 1. The fourth-order valence-electron chi connectivity index (χ4n) is 1.57. The van der Waals surface area contributed by atoms with Gasteiger partial charge in [-0.15, -0.1) is 0 Å². The van der Waals surface area contributed by atoms with Crippen molar-refractivity contribution in [3.05, 3.63) is 22.4 Å². The molecule has 0 saturated carbocycles. The van der Waals surface area contributed by atoms with Crippen LogP contribution in [0.2, 0.25) is 0 Å². The van der Waals surface area contributed by atoms with E-state index in [1.807, 2.05) is 0 Å². The van der Waals surface area contributed by atoms with Crippen LogP contribution in [0.3, 0.4) is 0 Å². The van der Waals surface area contributed by atoms with Gasteiger partial charge in [0.25, 0.3) is 5.91 Å². The number of amides is 2. The Bertz CT molecular complexity index is 415. The van der Waals surface area contributed by atoms with Crippen LogP contribution < -0.4 is 5.73 Å². The van der Waals surface area contributed by atoms with Crippen LogP contribution in [0.1, 0.15) is 16.9 Å². The number of carbonyl (C=O) groups excluding carboxylic acids is 2. The van der Waals surface area contributed by atoms with Crippen LogP contribution in [-0.4, -0.2) is 34.3 Å². The summed E-state index contributed by atoms with van der Waals surface area (Å²) >= 11 is 3.24. The van der Waals surface area contributed by atoms with Gasteiger partial charge >= 0.3 is 0 Å². The zero-order valence-electron chi connectivity index (χ0n) is 7.87. The molecule has 1 aliphatic rings. The number of nitrogens with one attached hydrogen (secondary N) is 1. The van der Waals surface area contributed by atoms with E-state index in [0.717, 1.165) is 4.47 Å². The van der Waals surface area contributed by atoms with Gasteiger partial charge < -0.3 is 15.6 Å². The standard InChI is InChI=1S/C9H10BrN3O2/c10-5-3-6(12-4-5)9(15)13-2-1-7(13)8(11)14/h3-4,7,12H,1-2H2,(H2,11,14). The first-order chi connectivity index (χ1) is 7.09. The van der Waals surface area contributed by atoms with E-state index in [4.69, 9.17) is 5.73 Å². The van der Waals surface area contributed by atoms with E-state index >= 15 is 0 Å². The van der Waals surface area contributed by atoms with Crippen molar-refractivity contribution in [1.82, 2.24) is 9.88 Å². The molecule has 1 saturated heterocycles. The summed E-state index contributed by atoms with van der Waals surface area (Å²) in [5, 5.41) is 0. The highest BCUT2D eigenvalue weighted by atomic mass is 79.9. The average Bonchev–Trinajstić information content (AvgIpc) is 2.48. The highest BCUT2D eigenvalue weighted by Gasteiger charge is 2.36. The van der Waals surface area contributed by atoms with E-state index in [1.54, 1.807) is 12.3 Å². The number of carbonyl (C=O) groups is 2. The largest absolute Gasteiger partial charge is 0.368 e. The number of nitrogens with two attached hydrogens (primary N) is 1. The van der Waals surface area contributed by atoms with Gasteiger partial charge in [-0.3, -0.25) is 9.59 Å². The van der Waals surface area contributed by atoms with E-state index in [-0.39, 0.29) is 5.91 Å². The lowest BCUT2D eigenvalue weighted by atomic mass is 10.0. The number of likely N-dealkylation sites (tertiary alicyclic amines) is 1. The fraction of sp³-hybridized carbons (Fsp3) is 0.333. The summed E-state index contributed by atoms with van der Waals surface area (Å²) in [6.07, 6.45) is 2.33. The van der Waals surface area contributed by atoms with Crippen LogP contribution in [0, 0.1) is 0 Å². The third-order valence-electron chi connectivity index (χ3n) is 2.49. The minimum Gasteiger partial charge on any atom is -0.368 e. The number of primary amides is 1. The predicted molar refractivity (Wildman–Crippen MR) is 57.1 cm³/mol. The molecule has 1 atom stereocenters. The molecule has 3 N–H and O–H groups in total. The van der Waals surface area contributed by atoms with E-state index < -0.39 is 11.9 Å². The zero-order chi connectivity index (χ0) is 11.0. The third-order valence-corrected chi connectivity index (χ3v) is 2.94. The Morgan fingerprint density at radius 2 is 2.33 bits per heavy atom. The lowest BCUT2D eigenvalue weighted by Crippen LogP contribution is -2.57. The van der Waals surface area contributed by atoms with Gasteiger partial charge in [-0.05, 0) is 28.4 Å². The summed E-state index contributed by atoms with van der Waals surface area (Å²) in [6, 6.07) is 1.23. The maximum absolute atomic E-state index is 11.8. The highest BCUT2D eigenvalue weighted by molar-refractivity contribution is 9.10. The van der Waals surface area contributed by atoms with Gasteiger partial charge in [0.2, 0.25) is 5.91 Å². The van der Waals surface area contributed by atoms with E-state index in [0.29, 0.717) is 18.7 Å². The summed E-state index contributed by atoms with van der Waals surface area (Å²) in [4.78, 5) is 27.1. The van der Waals surface area contributed by atoms with Crippen LogP contribution in [0.4, 0.5) is 0 Å². The van der Waals surface area contributed by atoms with Gasteiger partial charge in [-0.25, -0.2) is 0 Å². The lowest BCUT2D eigenvalue weighted by molar-refractivity contribution is -0.125. The molecule has 2 heterocycles. The molecule has 0 radical (unpaired) electrons. The molecule has 2 amide bonds. The molecule has 1 aromatic heterocycles. The monoisotopic (exact) mass is 271 g/mol. The minimum absolute atomic E-state index is 0.184. The summed E-state index contributed by atoms with van der Waals surface area (Å²) in [5.74, 6) is -0.629. The molecular formula is C9H10BrN3O2. The Hall–Kier alpha value is -1.30. The Morgan fingerprint density at radius 1 is 1.60 bits per heavy atom. The molecular weight excluding hydrogens is 262 g/mol. The molecule has 2 rings (SSSR count). The van der Waals surface area contributed by atoms with Crippen molar-refractivity contribution in [2.24, 2.45) is 5.73 Å². The summed E-state index contributed by atoms with van der Waals surface area (Å²) in [6.45, 7) is 0.586. The Balaban J connectivity index is 2.12. The first kappa shape index (κ1) is 10.2. The molecule has 1 aliphatic heterocycles. The molecule has 0 spiro atoms. The van der Waals surface area contributed by atoms with Gasteiger partial charge in [-0.1, -0.05) is 0 Å². The number of rotatable bonds is 2. The zero-order valence-corrected chi connectivity index (χ0v) is 9.45. The minimum atomic E-state index is -0.445. The first-order valence-electron chi connectivity index (χ1n) is 4.54. The Labute approximate surface area is 94.7 Å². The molecule has 80 valence electrons. The number of halogens is 1. The van der Waals surface area contributed by atoms with Gasteiger partial charge in [-0.2, -0.15) is 0 Å². The molecule has 0 aliphatic carbocycles. The van der Waals surface area contributed by atoms with E-state index in [9.17, 15) is 9.59 Å². The molecule has 0 bridgehead atoms. The van der Waals surface area contributed by atoms with Gasteiger partial charge in [0.05, 0.1) is 0 Å². The molecule has 15 heavy (non-hydrogen) atoms. The maximum atomic E-state index is 11.8. The SMILES string of the molecule is NC(=O)C1CCN1C(=O)c1cc(Br)c[nH]1. The van der Waals surface area contributed by atoms with Crippen molar-refractivity contribution in [2.75, 3.05) is 6.54 Å². The molecule has 0 aromatic carbocycles. The Morgan fingerprint density at radius 3 is 2.73 bits per heavy atom. The van der Waals surface area contributed by atoms with Crippen molar-refractivity contribution in [2.45, 2.75) is 12.5 Å². The highest BCUT2D eigenvalue weighted by Crippen LogP contribution is 2.21. The predicted octanol–water partition coefficient (Wildman–Crippen LogP) is 0.477. The van der Waals surface area contributed by atoms with Crippen LogP contribution in [0.15, 0.2) is 16.7 Å². The average molecular weight is 272 g/mol. The van der Waals surface area contributed by atoms with Crippen molar-refractivity contribution < 1.29 is 9.59 Å². The quantitative estimate of drug-likeness (QED) is 0.821. The lowest BCUT2D eigenvalue weighted by Gasteiger charge is -2.38. The summed E-state index contributed by atoms with van der Waals surface area (Å²) in [5.41, 5.74) is 5.62. The topological polar surface area (TPSA) is 79.2 Å². The fourth-order valence-corrected chi connectivity index (χ4v) is 1.92. The second-order valence-electron chi connectivity index (χ2n) is 3.44. The normalized spacial score (nSPS) is 19.8. The second-order valence-corrected chi connectivity index (χ2v) is 4.35. The van der Waals surface area contributed by atoms with Gasteiger partial charge in [0.1, 0.15) is 11.7 Å². The smallest absolute Gasteiger partial charge is 0.270 e. The molecule has 5 nitrogen and oxygen atoms in total. The van der Waals surface area contributed by atoms with Crippen LogP contribution in [0.25, 0.3) is 0 Å².